The van der Waals surface area contributed by atoms with Gasteiger partial charge in [-0.1, -0.05) is 30.3 Å². The smallest absolute Gasteiger partial charge is 0.145 e. The molecule has 1 fully saturated rings. The largest absolute Gasteiger partial charge is 0.412 e. The predicted molar refractivity (Wildman–Crippen MR) is 93.8 cm³/mol. The van der Waals surface area contributed by atoms with Crippen LogP contribution in [-0.2, 0) is 11.2 Å². The SMILES string of the molecule is Cc1ncnc2c1ccn2C1CCC(CCc2ccccc2)O1.O. The van der Waals surface area contributed by atoms with Gasteiger partial charge in [0.05, 0.1) is 11.8 Å². The second kappa shape index (κ2) is 7.11. The first-order valence-electron chi connectivity index (χ1n) is 8.29. The highest BCUT2D eigenvalue weighted by Crippen LogP contribution is 2.33. The average molecular weight is 325 g/mol. The standard InChI is InChI=1S/C19H21N3O.H2O/c1-14-17-11-12-22(19(17)21-13-20-14)18-10-9-16(23-18)8-7-15-5-3-2-4-6-15;/h2-6,11-13,16,18H,7-10H2,1H3;1H2. The van der Waals surface area contributed by atoms with Gasteiger partial charge in [0.15, 0.2) is 0 Å². The first-order chi connectivity index (χ1) is 11.3. The van der Waals surface area contributed by atoms with Crippen LogP contribution in [0.5, 0.6) is 0 Å². The summed E-state index contributed by atoms with van der Waals surface area (Å²) in [6.07, 6.45) is 8.46. The molecule has 3 heterocycles. The Bertz CT molecular complexity index is 801. The first kappa shape index (κ1) is 16.6. The summed E-state index contributed by atoms with van der Waals surface area (Å²) >= 11 is 0. The molecule has 2 N–H and O–H groups in total. The molecule has 0 spiro atoms. The Hall–Kier alpha value is -2.24. The van der Waals surface area contributed by atoms with Gasteiger partial charge >= 0.3 is 0 Å². The first-order valence-corrected chi connectivity index (χ1v) is 8.29. The van der Waals surface area contributed by atoms with Crippen LogP contribution in [-0.4, -0.2) is 26.1 Å². The van der Waals surface area contributed by atoms with Crippen LogP contribution in [0.2, 0.25) is 0 Å². The molecule has 3 aromatic rings. The van der Waals surface area contributed by atoms with Gasteiger partial charge in [0.1, 0.15) is 18.2 Å². The second-order valence-electron chi connectivity index (χ2n) is 6.23. The molecule has 1 aromatic carbocycles. The quantitative estimate of drug-likeness (QED) is 0.739. The van der Waals surface area contributed by atoms with Crippen LogP contribution in [0.25, 0.3) is 11.0 Å². The van der Waals surface area contributed by atoms with E-state index in [0.717, 1.165) is 42.4 Å². The Morgan fingerprint density at radius 3 is 2.79 bits per heavy atom. The fourth-order valence-corrected chi connectivity index (χ4v) is 3.41. The van der Waals surface area contributed by atoms with E-state index in [0.29, 0.717) is 6.10 Å². The van der Waals surface area contributed by atoms with Gasteiger partial charge in [0, 0.05) is 11.6 Å². The molecular weight excluding hydrogens is 302 g/mol. The van der Waals surface area contributed by atoms with Gasteiger partial charge in [-0.25, -0.2) is 9.97 Å². The highest BCUT2D eigenvalue weighted by molar-refractivity contribution is 5.78. The fraction of sp³-hybridized carbons (Fsp3) is 0.368. The maximum absolute atomic E-state index is 6.28. The van der Waals surface area contributed by atoms with Crippen molar-refractivity contribution in [3.05, 3.63) is 60.2 Å². The van der Waals surface area contributed by atoms with E-state index in [1.165, 1.54) is 5.56 Å². The lowest BCUT2D eigenvalue weighted by atomic mass is 10.1. The molecule has 0 saturated carbocycles. The van der Waals surface area contributed by atoms with Crippen molar-refractivity contribution in [1.29, 1.82) is 0 Å². The minimum atomic E-state index is 0. The third-order valence-corrected chi connectivity index (χ3v) is 4.70. The van der Waals surface area contributed by atoms with E-state index in [-0.39, 0.29) is 11.7 Å². The molecule has 2 unspecified atom stereocenters. The molecule has 0 radical (unpaired) electrons. The average Bonchev–Trinajstić information content (AvgIpc) is 3.21. The maximum atomic E-state index is 6.28. The summed E-state index contributed by atoms with van der Waals surface area (Å²) in [5, 5.41) is 1.11. The van der Waals surface area contributed by atoms with Crippen molar-refractivity contribution in [2.75, 3.05) is 0 Å². The van der Waals surface area contributed by atoms with Gasteiger partial charge in [0.2, 0.25) is 0 Å². The van der Waals surface area contributed by atoms with E-state index in [2.05, 4.69) is 57.1 Å². The zero-order chi connectivity index (χ0) is 15.6. The molecule has 2 aromatic heterocycles. The Morgan fingerprint density at radius 2 is 1.96 bits per heavy atom. The molecule has 0 aliphatic carbocycles. The number of aromatic nitrogens is 3. The summed E-state index contributed by atoms with van der Waals surface area (Å²) < 4.78 is 8.44. The Balaban J connectivity index is 0.00000169. The van der Waals surface area contributed by atoms with Gasteiger partial charge < -0.3 is 14.8 Å². The summed E-state index contributed by atoms with van der Waals surface area (Å²) in [7, 11) is 0. The number of fused-ring (bicyclic) bond motifs is 1. The van der Waals surface area contributed by atoms with Crippen LogP contribution in [0, 0.1) is 6.92 Å². The number of hydrogen-bond donors (Lipinski definition) is 0. The highest BCUT2D eigenvalue weighted by Gasteiger charge is 2.27. The van der Waals surface area contributed by atoms with E-state index >= 15 is 0 Å². The van der Waals surface area contributed by atoms with Crippen molar-refractivity contribution >= 4 is 11.0 Å². The molecule has 5 nitrogen and oxygen atoms in total. The van der Waals surface area contributed by atoms with E-state index in [4.69, 9.17) is 4.74 Å². The summed E-state index contributed by atoms with van der Waals surface area (Å²) in [6.45, 7) is 2.02. The number of rotatable bonds is 4. The van der Waals surface area contributed by atoms with Gasteiger partial charge in [-0.3, -0.25) is 0 Å². The highest BCUT2D eigenvalue weighted by atomic mass is 16.5. The molecule has 2 atom stereocenters. The van der Waals surface area contributed by atoms with Crippen molar-refractivity contribution in [2.45, 2.75) is 44.9 Å². The minimum Gasteiger partial charge on any atom is -0.412 e. The Morgan fingerprint density at radius 1 is 1.12 bits per heavy atom. The van der Waals surface area contributed by atoms with Crippen LogP contribution in [0.15, 0.2) is 48.9 Å². The van der Waals surface area contributed by atoms with Crippen molar-refractivity contribution < 1.29 is 10.2 Å². The molecule has 1 saturated heterocycles. The number of hydrogen-bond acceptors (Lipinski definition) is 3. The van der Waals surface area contributed by atoms with Gasteiger partial charge in [-0.05, 0) is 44.2 Å². The third kappa shape index (κ3) is 3.18. The third-order valence-electron chi connectivity index (χ3n) is 4.70. The summed E-state index contributed by atoms with van der Waals surface area (Å²) in [4.78, 5) is 8.70. The molecule has 0 amide bonds. The van der Waals surface area contributed by atoms with E-state index in [1.54, 1.807) is 6.33 Å². The lowest BCUT2D eigenvalue weighted by Crippen LogP contribution is -2.12. The summed E-state index contributed by atoms with van der Waals surface area (Å²) in [5.74, 6) is 0. The molecule has 4 rings (SSSR count). The van der Waals surface area contributed by atoms with Gasteiger partial charge in [0.25, 0.3) is 0 Å². The van der Waals surface area contributed by atoms with Crippen LogP contribution >= 0.6 is 0 Å². The van der Waals surface area contributed by atoms with E-state index < -0.39 is 0 Å². The number of nitrogens with zero attached hydrogens (tertiary/aromatic N) is 3. The molecule has 5 heteroatoms. The van der Waals surface area contributed by atoms with Crippen LogP contribution < -0.4 is 0 Å². The van der Waals surface area contributed by atoms with Crippen LogP contribution in [0.1, 0.15) is 36.7 Å². The molecular formula is C19H23N3O2. The number of benzene rings is 1. The predicted octanol–water partition coefficient (Wildman–Crippen LogP) is 3.23. The van der Waals surface area contributed by atoms with E-state index in [9.17, 15) is 0 Å². The zero-order valence-electron chi connectivity index (χ0n) is 13.9. The number of aryl methyl sites for hydroxylation is 2. The van der Waals surface area contributed by atoms with E-state index in [1.807, 2.05) is 6.92 Å². The van der Waals surface area contributed by atoms with Crippen molar-refractivity contribution in [2.24, 2.45) is 0 Å². The maximum Gasteiger partial charge on any atom is 0.145 e. The molecule has 0 bridgehead atoms. The number of ether oxygens (including phenoxy) is 1. The lowest BCUT2D eigenvalue weighted by Gasteiger charge is -2.16. The second-order valence-corrected chi connectivity index (χ2v) is 6.23. The van der Waals surface area contributed by atoms with Gasteiger partial charge in [-0.2, -0.15) is 0 Å². The van der Waals surface area contributed by atoms with Crippen LogP contribution in [0.4, 0.5) is 0 Å². The van der Waals surface area contributed by atoms with Crippen molar-refractivity contribution in [3.63, 3.8) is 0 Å². The lowest BCUT2D eigenvalue weighted by molar-refractivity contribution is 0.00119. The Kier molecular flexibility index (Phi) is 4.92. The monoisotopic (exact) mass is 325 g/mol. The molecule has 126 valence electrons. The van der Waals surface area contributed by atoms with Crippen molar-refractivity contribution in [1.82, 2.24) is 14.5 Å². The fourth-order valence-electron chi connectivity index (χ4n) is 3.41. The topological polar surface area (TPSA) is 71.4 Å². The Labute approximate surface area is 141 Å². The summed E-state index contributed by atoms with van der Waals surface area (Å²) in [5.41, 5.74) is 3.38. The van der Waals surface area contributed by atoms with Crippen LogP contribution in [0.3, 0.4) is 0 Å². The van der Waals surface area contributed by atoms with Gasteiger partial charge in [-0.15, -0.1) is 0 Å². The van der Waals surface area contributed by atoms with Crippen molar-refractivity contribution in [3.8, 4) is 0 Å². The summed E-state index contributed by atoms with van der Waals surface area (Å²) in [6, 6.07) is 12.7. The molecule has 1 aliphatic heterocycles. The molecule has 24 heavy (non-hydrogen) atoms. The minimum absolute atomic E-state index is 0. The molecule has 1 aliphatic rings. The zero-order valence-corrected chi connectivity index (χ0v) is 13.9. The normalized spacial score (nSPS) is 20.2.